The van der Waals surface area contributed by atoms with E-state index in [1.807, 2.05) is 20.8 Å². The van der Waals surface area contributed by atoms with E-state index in [2.05, 4.69) is 4.72 Å². The molecule has 0 amide bonds. The number of ether oxygens (including phenoxy) is 1. The van der Waals surface area contributed by atoms with Gasteiger partial charge in [0, 0.05) is 18.5 Å². The van der Waals surface area contributed by atoms with Crippen LogP contribution in [0.5, 0.6) is 0 Å². The summed E-state index contributed by atoms with van der Waals surface area (Å²) in [5, 5.41) is 0. The van der Waals surface area contributed by atoms with Crippen molar-refractivity contribution < 1.29 is 13.2 Å². The summed E-state index contributed by atoms with van der Waals surface area (Å²) in [6.45, 7) is 6.77. The van der Waals surface area contributed by atoms with Crippen molar-refractivity contribution in [2.45, 2.75) is 38.1 Å². The third-order valence-corrected chi connectivity index (χ3v) is 4.92. The van der Waals surface area contributed by atoms with Gasteiger partial charge in [0.1, 0.15) is 0 Å². The van der Waals surface area contributed by atoms with Gasteiger partial charge < -0.3 is 4.74 Å². The van der Waals surface area contributed by atoms with Crippen LogP contribution in [0.3, 0.4) is 0 Å². The number of nitrogens with one attached hydrogen (secondary N) is 1. The van der Waals surface area contributed by atoms with Crippen molar-refractivity contribution in [3.8, 4) is 0 Å². The van der Waals surface area contributed by atoms with Gasteiger partial charge in [-0.25, -0.2) is 13.1 Å². The van der Waals surface area contributed by atoms with E-state index in [4.69, 9.17) is 16.3 Å². The fraction of sp³-hybridized carbons (Fsp3) is 0.600. The molecule has 4 nitrogen and oxygen atoms in total. The van der Waals surface area contributed by atoms with Crippen molar-refractivity contribution in [2.24, 2.45) is 5.92 Å². The summed E-state index contributed by atoms with van der Waals surface area (Å²) in [5.74, 6) is 0.676. The van der Waals surface area contributed by atoms with Gasteiger partial charge in [0.2, 0.25) is 10.0 Å². The van der Waals surface area contributed by atoms with Crippen molar-refractivity contribution in [3.05, 3.63) is 29.8 Å². The molecule has 21 heavy (non-hydrogen) atoms. The highest BCUT2D eigenvalue weighted by atomic mass is 35.5. The fourth-order valence-corrected chi connectivity index (χ4v) is 3.41. The normalized spacial score (nSPS) is 13.6. The molecule has 1 rings (SSSR count). The molecule has 0 aromatic heterocycles. The minimum Gasteiger partial charge on any atom is -0.380 e. The molecule has 120 valence electrons. The van der Waals surface area contributed by atoms with Gasteiger partial charge in [0.05, 0.1) is 11.5 Å². The number of benzene rings is 1. The number of hydrogen-bond acceptors (Lipinski definition) is 3. The van der Waals surface area contributed by atoms with E-state index in [0.717, 1.165) is 12.0 Å². The zero-order chi connectivity index (χ0) is 15.9. The Morgan fingerprint density at radius 2 is 1.86 bits per heavy atom. The lowest BCUT2D eigenvalue weighted by Gasteiger charge is -2.22. The quantitative estimate of drug-likeness (QED) is 0.707. The second kappa shape index (κ2) is 8.73. The van der Waals surface area contributed by atoms with Gasteiger partial charge in [0.15, 0.2) is 0 Å². The van der Waals surface area contributed by atoms with Gasteiger partial charge >= 0.3 is 0 Å². The highest BCUT2D eigenvalue weighted by Crippen LogP contribution is 2.14. The topological polar surface area (TPSA) is 55.4 Å². The maximum Gasteiger partial charge on any atom is 0.240 e. The number of alkyl halides is 1. The van der Waals surface area contributed by atoms with Crippen LogP contribution in [-0.4, -0.2) is 33.6 Å². The van der Waals surface area contributed by atoms with E-state index in [1.54, 1.807) is 24.3 Å². The molecule has 1 aromatic rings. The zero-order valence-electron chi connectivity index (χ0n) is 12.8. The van der Waals surface area contributed by atoms with Crippen molar-refractivity contribution in [1.29, 1.82) is 0 Å². The Bertz CT molecular complexity index is 514. The average Bonchev–Trinajstić information content (AvgIpc) is 2.44. The molecule has 0 aliphatic heterocycles. The Morgan fingerprint density at radius 3 is 2.33 bits per heavy atom. The van der Waals surface area contributed by atoms with Gasteiger partial charge in [-0.05, 0) is 37.0 Å². The molecule has 1 atom stereocenters. The van der Waals surface area contributed by atoms with Gasteiger partial charge in [0.25, 0.3) is 0 Å². The maximum absolute atomic E-state index is 12.4. The van der Waals surface area contributed by atoms with E-state index >= 15 is 0 Å². The fourth-order valence-electron chi connectivity index (χ4n) is 1.82. The van der Waals surface area contributed by atoms with E-state index in [-0.39, 0.29) is 16.9 Å². The Labute approximate surface area is 132 Å². The van der Waals surface area contributed by atoms with E-state index < -0.39 is 10.0 Å². The summed E-state index contributed by atoms with van der Waals surface area (Å²) in [6.07, 6.45) is 0.730. The van der Waals surface area contributed by atoms with Gasteiger partial charge in [-0.1, -0.05) is 26.0 Å². The largest absolute Gasteiger partial charge is 0.380 e. The zero-order valence-corrected chi connectivity index (χ0v) is 14.4. The van der Waals surface area contributed by atoms with Gasteiger partial charge in [-0.15, -0.1) is 11.6 Å². The molecule has 0 saturated carbocycles. The van der Waals surface area contributed by atoms with Crippen molar-refractivity contribution in [1.82, 2.24) is 4.72 Å². The Hall–Kier alpha value is -0.620. The summed E-state index contributed by atoms with van der Waals surface area (Å²) in [4.78, 5) is 0.267. The van der Waals surface area contributed by atoms with Crippen LogP contribution >= 0.6 is 11.6 Å². The van der Waals surface area contributed by atoms with Crippen LogP contribution in [0.15, 0.2) is 29.2 Å². The molecule has 6 heteroatoms. The van der Waals surface area contributed by atoms with Crippen molar-refractivity contribution in [2.75, 3.05) is 19.1 Å². The van der Waals surface area contributed by atoms with Crippen LogP contribution in [0.1, 0.15) is 26.3 Å². The summed E-state index contributed by atoms with van der Waals surface area (Å²) >= 11 is 5.67. The van der Waals surface area contributed by atoms with Crippen LogP contribution in [0, 0.1) is 5.92 Å². The van der Waals surface area contributed by atoms with E-state index in [0.29, 0.717) is 19.1 Å². The van der Waals surface area contributed by atoms with E-state index in [9.17, 15) is 8.42 Å². The third-order valence-electron chi connectivity index (χ3n) is 3.23. The molecule has 0 bridgehead atoms. The molecule has 0 aliphatic carbocycles. The molecule has 0 fully saturated rings. The predicted molar refractivity (Wildman–Crippen MR) is 86.3 cm³/mol. The van der Waals surface area contributed by atoms with Gasteiger partial charge in [-0.2, -0.15) is 0 Å². The molecule has 0 aliphatic rings. The van der Waals surface area contributed by atoms with E-state index in [1.165, 1.54) is 0 Å². The Morgan fingerprint density at radius 1 is 1.24 bits per heavy atom. The monoisotopic (exact) mass is 333 g/mol. The number of sulfonamides is 1. The van der Waals surface area contributed by atoms with Gasteiger partial charge in [-0.3, -0.25) is 0 Å². The molecular formula is C15H24ClNO3S. The molecule has 1 unspecified atom stereocenters. The minimum atomic E-state index is -3.53. The van der Waals surface area contributed by atoms with Crippen LogP contribution in [0.2, 0.25) is 0 Å². The molecule has 0 heterocycles. The smallest absolute Gasteiger partial charge is 0.240 e. The van der Waals surface area contributed by atoms with Crippen LogP contribution in [0.25, 0.3) is 0 Å². The lowest BCUT2D eigenvalue weighted by atomic mass is 10.1. The summed E-state index contributed by atoms with van der Waals surface area (Å²) in [6, 6.07) is 6.58. The number of halogens is 1. The average molecular weight is 334 g/mol. The number of aryl methyl sites for hydroxylation is 1. The predicted octanol–water partition coefficient (Wildman–Crippen LogP) is 2.81. The first-order chi connectivity index (χ1) is 9.90. The second-order valence-corrected chi connectivity index (χ2v) is 7.31. The molecular weight excluding hydrogens is 310 g/mol. The summed E-state index contributed by atoms with van der Waals surface area (Å²) < 4.78 is 32.8. The standard InChI is InChI=1S/C15H24ClNO3S/c1-4-20-11-15(12(2)3)17-21(18,19)14-7-5-13(6-8-14)9-10-16/h5-8,12,15,17H,4,9-11H2,1-3H3. The van der Waals surface area contributed by atoms with Crippen molar-refractivity contribution >= 4 is 21.6 Å². The molecule has 0 saturated heterocycles. The Kier molecular flexibility index (Phi) is 7.66. The summed E-state index contributed by atoms with van der Waals surface area (Å²) in [7, 11) is -3.53. The lowest BCUT2D eigenvalue weighted by molar-refractivity contribution is 0.116. The highest BCUT2D eigenvalue weighted by molar-refractivity contribution is 7.89. The van der Waals surface area contributed by atoms with Crippen LogP contribution in [-0.2, 0) is 21.2 Å². The molecule has 1 N–H and O–H groups in total. The first-order valence-electron chi connectivity index (χ1n) is 7.15. The summed E-state index contributed by atoms with van der Waals surface area (Å²) in [5.41, 5.74) is 1.03. The first-order valence-corrected chi connectivity index (χ1v) is 9.17. The number of hydrogen-bond donors (Lipinski definition) is 1. The lowest BCUT2D eigenvalue weighted by Crippen LogP contribution is -2.41. The van der Waals surface area contributed by atoms with Crippen molar-refractivity contribution in [3.63, 3.8) is 0 Å². The first kappa shape index (κ1) is 18.4. The Balaban J connectivity index is 2.83. The minimum absolute atomic E-state index is 0.154. The maximum atomic E-state index is 12.4. The third kappa shape index (κ3) is 5.94. The van der Waals surface area contributed by atoms with Crippen LogP contribution in [0.4, 0.5) is 0 Å². The molecule has 1 aromatic carbocycles. The molecule has 0 radical (unpaired) electrons. The highest BCUT2D eigenvalue weighted by Gasteiger charge is 2.22. The molecule has 0 spiro atoms. The van der Waals surface area contributed by atoms with Crippen LogP contribution < -0.4 is 4.72 Å². The SMILES string of the molecule is CCOCC(NS(=O)(=O)c1ccc(CCCl)cc1)C(C)C. The number of rotatable bonds is 9. The second-order valence-electron chi connectivity index (χ2n) is 5.21.